The Hall–Kier alpha value is -1.58. The summed E-state index contributed by atoms with van der Waals surface area (Å²) in [6, 6.07) is 8.51. The van der Waals surface area contributed by atoms with Crippen LogP contribution in [0.5, 0.6) is 0 Å². The standard InChI is InChI=1S/C14H18N2O/c1-10-3-4-11(2)13(7-10)8-14(16-15)12-5-6-17-9-12/h3-7,9,14,16H,8,15H2,1-2H3. The fourth-order valence-corrected chi connectivity index (χ4v) is 1.99. The normalized spacial score (nSPS) is 12.6. The van der Waals surface area contributed by atoms with E-state index >= 15 is 0 Å². The molecule has 0 aliphatic carbocycles. The van der Waals surface area contributed by atoms with Gasteiger partial charge in [-0.1, -0.05) is 23.8 Å². The molecule has 3 nitrogen and oxygen atoms in total. The van der Waals surface area contributed by atoms with E-state index in [-0.39, 0.29) is 6.04 Å². The molecule has 1 unspecified atom stereocenters. The van der Waals surface area contributed by atoms with E-state index in [2.05, 4.69) is 37.5 Å². The molecule has 0 saturated carbocycles. The van der Waals surface area contributed by atoms with Gasteiger partial charge in [-0.25, -0.2) is 0 Å². The molecule has 0 aliphatic heterocycles. The zero-order valence-corrected chi connectivity index (χ0v) is 10.2. The van der Waals surface area contributed by atoms with Crippen molar-refractivity contribution >= 4 is 0 Å². The molecule has 0 fully saturated rings. The minimum absolute atomic E-state index is 0.0919. The maximum atomic E-state index is 5.61. The van der Waals surface area contributed by atoms with E-state index in [0.29, 0.717) is 0 Å². The summed E-state index contributed by atoms with van der Waals surface area (Å²) in [5.41, 5.74) is 7.79. The highest BCUT2D eigenvalue weighted by molar-refractivity contribution is 5.32. The smallest absolute Gasteiger partial charge is 0.0950 e. The first-order valence-corrected chi connectivity index (χ1v) is 5.75. The summed E-state index contributed by atoms with van der Waals surface area (Å²) in [6.45, 7) is 4.23. The van der Waals surface area contributed by atoms with Crippen LogP contribution in [-0.2, 0) is 6.42 Å². The van der Waals surface area contributed by atoms with Gasteiger partial charge in [0.2, 0.25) is 0 Å². The lowest BCUT2D eigenvalue weighted by molar-refractivity contribution is 0.525. The molecule has 0 radical (unpaired) electrons. The van der Waals surface area contributed by atoms with Crippen molar-refractivity contribution in [3.8, 4) is 0 Å². The van der Waals surface area contributed by atoms with Crippen LogP contribution in [0.15, 0.2) is 41.2 Å². The number of benzene rings is 1. The number of rotatable bonds is 4. The van der Waals surface area contributed by atoms with Gasteiger partial charge in [0.05, 0.1) is 18.6 Å². The summed E-state index contributed by atoms with van der Waals surface area (Å²) in [4.78, 5) is 0. The highest BCUT2D eigenvalue weighted by atomic mass is 16.3. The lowest BCUT2D eigenvalue weighted by Gasteiger charge is -2.16. The second-order valence-corrected chi connectivity index (χ2v) is 4.41. The van der Waals surface area contributed by atoms with Gasteiger partial charge in [0.25, 0.3) is 0 Å². The van der Waals surface area contributed by atoms with Gasteiger partial charge in [-0.2, -0.15) is 0 Å². The molecule has 17 heavy (non-hydrogen) atoms. The molecule has 0 spiro atoms. The van der Waals surface area contributed by atoms with Gasteiger partial charge in [-0.3, -0.25) is 11.3 Å². The largest absolute Gasteiger partial charge is 0.472 e. The molecular formula is C14H18N2O. The summed E-state index contributed by atoms with van der Waals surface area (Å²) in [6.07, 6.45) is 4.27. The van der Waals surface area contributed by atoms with Crippen molar-refractivity contribution < 1.29 is 4.42 Å². The van der Waals surface area contributed by atoms with Crippen LogP contribution < -0.4 is 11.3 Å². The minimum Gasteiger partial charge on any atom is -0.472 e. The van der Waals surface area contributed by atoms with Crippen molar-refractivity contribution in [1.29, 1.82) is 0 Å². The number of hydrogen-bond donors (Lipinski definition) is 2. The van der Waals surface area contributed by atoms with Crippen molar-refractivity contribution in [1.82, 2.24) is 5.43 Å². The monoisotopic (exact) mass is 230 g/mol. The molecular weight excluding hydrogens is 212 g/mol. The predicted octanol–water partition coefficient (Wildman–Crippen LogP) is 2.64. The van der Waals surface area contributed by atoms with E-state index in [9.17, 15) is 0 Å². The average molecular weight is 230 g/mol. The first kappa shape index (κ1) is 11.9. The van der Waals surface area contributed by atoms with Crippen LogP contribution in [0, 0.1) is 13.8 Å². The molecule has 2 rings (SSSR count). The molecule has 0 saturated heterocycles. The molecule has 1 heterocycles. The second-order valence-electron chi connectivity index (χ2n) is 4.41. The number of hydrazine groups is 1. The fourth-order valence-electron chi connectivity index (χ4n) is 1.99. The van der Waals surface area contributed by atoms with Crippen LogP contribution in [0.4, 0.5) is 0 Å². The number of hydrogen-bond acceptors (Lipinski definition) is 3. The van der Waals surface area contributed by atoms with Gasteiger partial charge in [0.15, 0.2) is 0 Å². The Bertz CT molecular complexity index is 477. The number of nitrogens with one attached hydrogen (secondary N) is 1. The van der Waals surface area contributed by atoms with Crippen molar-refractivity contribution in [3.05, 3.63) is 59.0 Å². The maximum Gasteiger partial charge on any atom is 0.0950 e. The number of aryl methyl sites for hydroxylation is 2. The van der Waals surface area contributed by atoms with Gasteiger partial charge in [0, 0.05) is 5.56 Å². The van der Waals surface area contributed by atoms with Crippen molar-refractivity contribution in [2.24, 2.45) is 5.84 Å². The zero-order chi connectivity index (χ0) is 12.3. The van der Waals surface area contributed by atoms with Crippen LogP contribution in [-0.4, -0.2) is 0 Å². The van der Waals surface area contributed by atoms with Crippen molar-refractivity contribution in [2.45, 2.75) is 26.3 Å². The van der Waals surface area contributed by atoms with E-state index < -0.39 is 0 Å². The van der Waals surface area contributed by atoms with E-state index in [0.717, 1.165) is 12.0 Å². The highest BCUT2D eigenvalue weighted by Crippen LogP contribution is 2.21. The minimum atomic E-state index is 0.0919. The third-order valence-corrected chi connectivity index (χ3v) is 3.08. The summed E-state index contributed by atoms with van der Waals surface area (Å²) in [7, 11) is 0. The van der Waals surface area contributed by atoms with Gasteiger partial charge >= 0.3 is 0 Å². The summed E-state index contributed by atoms with van der Waals surface area (Å²) in [5.74, 6) is 5.61. The topological polar surface area (TPSA) is 51.2 Å². The summed E-state index contributed by atoms with van der Waals surface area (Å²) >= 11 is 0. The van der Waals surface area contributed by atoms with E-state index in [1.807, 2.05) is 6.07 Å². The Balaban J connectivity index is 2.21. The molecule has 0 amide bonds. The van der Waals surface area contributed by atoms with Gasteiger partial charge in [-0.05, 0) is 37.5 Å². The molecule has 0 aliphatic rings. The molecule has 3 N–H and O–H groups in total. The first-order chi connectivity index (χ1) is 8.20. The SMILES string of the molecule is Cc1ccc(C)c(CC(NN)c2ccoc2)c1. The third-order valence-electron chi connectivity index (χ3n) is 3.08. The molecule has 0 bridgehead atoms. The van der Waals surface area contributed by atoms with Crippen LogP contribution in [0.25, 0.3) is 0 Å². The third kappa shape index (κ3) is 2.75. The van der Waals surface area contributed by atoms with E-state index in [4.69, 9.17) is 10.3 Å². The van der Waals surface area contributed by atoms with Crippen LogP contribution in [0.3, 0.4) is 0 Å². The van der Waals surface area contributed by atoms with E-state index in [1.165, 1.54) is 16.7 Å². The Morgan fingerprint density at radius 3 is 2.76 bits per heavy atom. The number of nitrogens with two attached hydrogens (primary N) is 1. The fraction of sp³-hybridized carbons (Fsp3) is 0.286. The second kappa shape index (κ2) is 5.17. The van der Waals surface area contributed by atoms with Crippen molar-refractivity contribution in [3.63, 3.8) is 0 Å². The molecule has 2 aromatic rings. The summed E-state index contributed by atoms with van der Waals surface area (Å²) in [5, 5.41) is 0. The molecule has 1 aromatic heterocycles. The number of furan rings is 1. The van der Waals surface area contributed by atoms with Gasteiger partial charge in [-0.15, -0.1) is 0 Å². The lowest BCUT2D eigenvalue weighted by Crippen LogP contribution is -2.29. The molecule has 3 heteroatoms. The van der Waals surface area contributed by atoms with Crippen LogP contribution in [0.1, 0.15) is 28.3 Å². The highest BCUT2D eigenvalue weighted by Gasteiger charge is 2.13. The molecule has 1 atom stereocenters. The van der Waals surface area contributed by atoms with Crippen LogP contribution >= 0.6 is 0 Å². The zero-order valence-electron chi connectivity index (χ0n) is 10.2. The quantitative estimate of drug-likeness (QED) is 0.627. The Labute approximate surface area is 102 Å². The van der Waals surface area contributed by atoms with Gasteiger partial charge < -0.3 is 4.42 Å². The molecule has 90 valence electrons. The summed E-state index contributed by atoms with van der Waals surface area (Å²) < 4.78 is 5.09. The van der Waals surface area contributed by atoms with Crippen molar-refractivity contribution in [2.75, 3.05) is 0 Å². The Morgan fingerprint density at radius 2 is 2.12 bits per heavy atom. The Morgan fingerprint density at radius 1 is 1.29 bits per heavy atom. The van der Waals surface area contributed by atoms with Gasteiger partial charge in [0.1, 0.15) is 0 Å². The van der Waals surface area contributed by atoms with Crippen LogP contribution in [0.2, 0.25) is 0 Å². The van der Waals surface area contributed by atoms with E-state index in [1.54, 1.807) is 12.5 Å². The lowest BCUT2D eigenvalue weighted by atomic mass is 9.96. The predicted molar refractivity (Wildman–Crippen MR) is 68.4 cm³/mol. The molecule has 1 aromatic carbocycles. The first-order valence-electron chi connectivity index (χ1n) is 5.75. The average Bonchev–Trinajstić information content (AvgIpc) is 2.84. The maximum absolute atomic E-state index is 5.61. The Kier molecular flexibility index (Phi) is 3.61.